The van der Waals surface area contributed by atoms with Gasteiger partial charge in [0.1, 0.15) is 6.54 Å². The van der Waals surface area contributed by atoms with E-state index in [0.717, 1.165) is 30.0 Å². The lowest BCUT2D eigenvalue weighted by molar-refractivity contribution is -0.137. The summed E-state index contributed by atoms with van der Waals surface area (Å²) >= 11 is 0.790. The predicted octanol–water partition coefficient (Wildman–Crippen LogP) is 8.71. The summed E-state index contributed by atoms with van der Waals surface area (Å²) in [4.78, 5) is 31.7. The monoisotopic (exact) mass is 755 g/mol. The molecule has 1 aromatic heterocycles. The molecular formula is C41H40F5N3O3S. The molecule has 5 aromatic rings. The smallest absolute Gasteiger partial charge is 0.383 e. The van der Waals surface area contributed by atoms with E-state index in [-0.39, 0.29) is 65.7 Å². The highest BCUT2D eigenvalue weighted by Crippen LogP contribution is 2.32. The average molecular weight is 756 g/mol. The number of thioether (sulfide) groups is 1. The molecule has 0 bridgehead atoms. The Morgan fingerprint density at radius 2 is 1.68 bits per heavy atom. The van der Waals surface area contributed by atoms with Crippen LogP contribution in [-0.2, 0) is 34.6 Å². The minimum Gasteiger partial charge on any atom is -0.383 e. The third kappa shape index (κ3) is 9.17. The molecule has 1 saturated heterocycles. The lowest BCUT2D eigenvalue weighted by Gasteiger charge is -2.39. The number of nitrogens with zero attached hydrogens (tertiary/aromatic N) is 3. The molecule has 1 aliphatic heterocycles. The van der Waals surface area contributed by atoms with Crippen LogP contribution in [0.4, 0.5) is 22.0 Å². The minimum atomic E-state index is -4.49. The number of alkyl halides is 3. The van der Waals surface area contributed by atoms with E-state index < -0.39 is 71.3 Å². The van der Waals surface area contributed by atoms with Crippen LogP contribution in [0.25, 0.3) is 22.0 Å². The quantitative estimate of drug-likeness (QED) is 0.0943. The Bertz CT molecular complexity index is 2430. The van der Waals surface area contributed by atoms with Crippen LogP contribution < -0.4 is 5.43 Å². The second-order valence-corrected chi connectivity index (χ2v) is 13.6. The van der Waals surface area contributed by atoms with E-state index in [0.29, 0.717) is 29.5 Å². The number of benzene rings is 4. The number of fused-ring (bicyclic) bond motifs is 1. The fourth-order valence-electron chi connectivity index (χ4n) is 6.24. The van der Waals surface area contributed by atoms with Gasteiger partial charge in [-0.2, -0.15) is 13.2 Å². The van der Waals surface area contributed by atoms with Gasteiger partial charge >= 0.3 is 6.18 Å². The van der Waals surface area contributed by atoms with Crippen molar-refractivity contribution in [2.45, 2.75) is 55.9 Å². The standard InChI is InChI=1S/C41H40F5N3O3S/c1-27-6-15-34-36(22-27)49(39(23-37(34)50)53-26-31-4-3-5-35(42)40(31)43)25-38(51)48(33-16-18-47(19-17-33)20-21-52-2)24-28-7-9-29(10-8-28)30-11-13-32(14-12-30)41(44,45)46/h3-15,22-23,33H,16-21,24-26H2,1-2H3/i6D,15D,20D2,22D,23D. The molecule has 4 aromatic carbocycles. The number of pyridine rings is 1. The number of likely N-dealkylation sites (tertiary alicyclic amines) is 1. The van der Waals surface area contributed by atoms with Crippen molar-refractivity contribution in [1.82, 2.24) is 14.4 Å². The number of ether oxygens (including phenoxy) is 1. The third-order valence-electron chi connectivity index (χ3n) is 9.08. The second-order valence-electron chi connectivity index (χ2n) is 12.7. The Morgan fingerprint density at radius 1 is 1.00 bits per heavy atom. The lowest BCUT2D eigenvalue weighted by atomic mass is 10.00. The van der Waals surface area contributed by atoms with E-state index in [1.165, 1.54) is 42.9 Å². The molecule has 0 radical (unpaired) electrons. The molecule has 2 heterocycles. The number of methoxy groups -OCH3 is 1. The van der Waals surface area contributed by atoms with Crippen molar-refractivity contribution >= 4 is 28.6 Å². The van der Waals surface area contributed by atoms with Crippen molar-refractivity contribution in [2.24, 2.45) is 0 Å². The number of aromatic nitrogens is 1. The summed E-state index contributed by atoms with van der Waals surface area (Å²) in [6, 6.07) is 12.9. The number of carbonyl (C=O) groups excluding carboxylic acids is 1. The van der Waals surface area contributed by atoms with Crippen molar-refractivity contribution in [3.05, 3.63) is 135 Å². The molecule has 0 atom stereocenters. The highest BCUT2D eigenvalue weighted by Gasteiger charge is 2.31. The summed E-state index contributed by atoms with van der Waals surface area (Å²) in [5.74, 6) is -3.02. The lowest BCUT2D eigenvalue weighted by Crippen LogP contribution is -2.48. The van der Waals surface area contributed by atoms with Gasteiger partial charge in [0.2, 0.25) is 5.91 Å². The van der Waals surface area contributed by atoms with E-state index in [4.69, 9.17) is 13.0 Å². The number of hydrogen-bond acceptors (Lipinski definition) is 5. The van der Waals surface area contributed by atoms with Crippen LogP contribution in [0, 0.1) is 18.6 Å². The summed E-state index contributed by atoms with van der Waals surface area (Å²) in [6.07, 6.45) is -3.80. The molecule has 1 fully saturated rings. The Kier molecular flexibility index (Phi) is 9.71. The normalized spacial score (nSPS) is 16.1. The van der Waals surface area contributed by atoms with Crippen LogP contribution in [0.2, 0.25) is 0 Å². The largest absolute Gasteiger partial charge is 0.416 e. The van der Waals surface area contributed by atoms with Crippen molar-refractivity contribution in [2.75, 3.05) is 33.3 Å². The van der Waals surface area contributed by atoms with Gasteiger partial charge in [0.25, 0.3) is 0 Å². The summed E-state index contributed by atoms with van der Waals surface area (Å²) in [5, 5.41) is -0.531. The number of rotatable bonds is 12. The SMILES string of the molecule is [2H]c1c(C)c([2H])c2c(c1[2H])c(=O)c([2H])c(SCc1cccc(F)c1F)n2CC(=O)N(Cc1ccc(-c2ccc(C(F)(F)F)cc2)cc1)C1CCN(C([2H])([2H])COC)CC1. The number of amides is 1. The van der Waals surface area contributed by atoms with Gasteiger partial charge in [0.05, 0.1) is 28.2 Å². The maximum atomic E-state index is 14.8. The molecule has 0 unspecified atom stereocenters. The van der Waals surface area contributed by atoms with Crippen LogP contribution >= 0.6 is 11.8 Å². The topological polar surface area (TPSA) is 54.8 Å². The molecule has 12 heteroatoms. The number of halogens is 5. The fourth-order valence-corrected chi connectivity index (χ4v) is 7.23. The Labute approximate surface area is 317 Å². The van der Waals surface area contributed by atoms with E-state index in [9.17, 15) is 31.5 Å². The summed E-state index contributed by atoms with van der Waals surface area (Å²) < 4.78 is 127. The van der Waals surface area contributed by atoms with Gasteiger partial charge in [-0.1, -0.05) is 54.6 Å². The van der Waals surface area contributed by atoms with Crippen LogP contribution in [0.15, 0.2) is 101 Å². The van der Waals surface area contributed by atoms with Crippen LogP contribution in [-0.4, -0.2) is 59.6 Å². The van der Waals surface area contributed by atoms with Gasteiger partial charge in [-0.3, -0.25) is 9.59 Å². The van der Waals surface area contributed by atoms with Gasteiger partial charge in [-0.25, -0.2) is 8.78 Å². The molecule has 6 nitrogen and oxygen atoms in total. The van der Waals surface area contributed by atoms with Gasteiger partial charge in [0, 0.05) is 64.8 Å². The van der Waals surface area contributed by atoms with E-state index in [1.54, 1.807) is 34.1 Å². The Hall–Kier alpha value is -4.52. The average Bonchev–Trinajstić information content (AvgIpc) is 3.20. The zero-order chi connectivity index (χ0) is 43.0. The maximum absolute atomic E-state index is 14.8. The van der Waals surface area contributed by atoms with E-state index in [2.05, 4.69) is 0 Å². The number of piperidine rings is 1. The molecule has 1 aliphatic rings. The number of carbonyl (C=O) groups is 1. The third-order valence-corrected chi connectivity index (χ3v) is 10.1. The maximum Gasteiger partial charge on any atom is 0.416 e. The summed E-state index contributed by atoms with van der Waals surface area (Å²) in [5.41, 5.74) is -0.105. The highest BCUT2D eigenvalue weighted by atomic mass is 32.2. The van der Waals surface area contributed by atoms with Crippen molar-refractivity contribution in [3.63, 3.8) is 0 Å². The van der Waals surface area contributed by atoms with Crippen molar-refractivity contribution in [1.29, 1.82) is 0 Å². The van der Waals surface area contributed by atoms with Gasteiger partial charge < -0.3 is 19.1 Å². The fraction of sp³-hybridized carbons (Fsp3) is 0.317. The highest BCUT2D eigenvalue weighted by molar-refractivity contribution is 7.98. The second kappa shape index (κ2) is 16.7. The first kappa shape index (κ1) is 30.9. The molecule has 0 aliphatic carbocycles. The molecule has 0 N–H and O–H groups in total. The Balaban J connectivity index is 1.40. The van der Waals surface area contributed by atoms with E-state index >= 15 is 0 Å². The molecule has 278 valence electrons. The Morgan fingerprint density at radius 3 is 2.34 bits per heavy atom. The minimum absolute atomic E-state index is 0.0257. The van der Waals surface area contributed by atoms with Gasteiger partial charge in [-0.15, -0.1) is 11.8 Å². The molecule has 1 amide bonds. The van der Waals surface area contributed by atoms with Gasteiger partial charge in [0.15, 0.2) is 17.1 Å². The molecular weight excluding hydrogens is 710 g/mol. The number of hydrogen-bond donors (Lipinski definition) is 0. The van der Waals surface area contributed by atoms with Crippen molar-refractivity contribution < 1.29 is 39.7 Å². The molecule has 6 rings (SSSR count). The van der Waals surface area contributed by atoms with Crippen molar-refractivity contribution in [3.8, 4) is 11.1 Å². The predicted molar refractivity (Wildman–Crippen MR) is 198 cm³/mol. The van der Waals surface area contributed by atoms with E-state index in [1.807, 2.05) is 0 Å². The first-order valence-electron chi connectivity index (χ1n) is 19.8. The van der Waals surface area contributed by atoms with Crippen LogP contribution in [0.3, 0.4) is 0 Å². The summed E-state index contributed by atoms with van der Waals surface area (Å²) in [6.45, 7) is -0.527. The zero-order valence-corrected chi connectivity index (χ0v) is 29.8. The molecule has 53 heavy (non-hydrogen) atoms. The first-order chi connectivity index (χ1) is 27.8. The summed E-state index contributed by atoms with van der Waals surface area (Å²) in [7, 11) is 1.40. The first-order valence-corrected chi connectivity index (χ1v) is 17.8. The van der Waals surface area contributed by atoms with Crippen LogP contribution in [0.1, 0.15) is 43.3 Å². The molecule has 0 saturated carbocycles. The zero-order valence-electron chi connectivity index (χ0n) is 34.9. The van der Waals surface area contributed by atoms with Gasteiger partial charge in [-0.05, 0) is 72.3 Å². The molecule has 0 spiro atoms. The van der Waals surface area contributed by atoms with Crippen LogP contribution in [0.5, 0.6) is 0 Å².